The fourth-order valence-corrected chi connectivity index (χ4v) is 2.77. The first-order valence-corrected chi connectivity index (χ1v) is 7.41. The van der Waals surface area contributed by atoms with Crippen LogP contribution in [0, 0.1) is 12.8 Å². The first-order chi connectivity index (χ1) is 9.15. The molecule has 1 amide bonds. The lowest BCUT2D eigenvalue weighted by molar-refractivity contribution is 0.0912. The molecule has 3 rings (SSSR count). The van der Waals surface area contributed by atoms with Crippen LogP contribution in [0.15, 0.2) is 27.1 Å². The van der Waals surface area contributed by atoms with Crippen LogP contribution in [-0.2, 0) is 0 Å². The molecule has 0 bridgehead atoms. The molecule has 1 N–H and O–H groups in total. The SMILES string of the molecule is Cc1c(C(=O)NCC2CCC2)oc2cc(Br)ccc12. The van der Waals surface area contributed by atoms with Crippen LogP contribution >= 0.6 is 15.9 Å². The van der Waals surface area contributed by atoms with E-state index in [4.69, 9.17) is 4.42 Å². The molecule has 1 saturated carbocycles. The third kappa shape index (κ3) is 2.41. The Morgan fingerprint density at radius 1 is 1.47 bits per heavy atom. The second kappa shape index (κ2) is 5.00. The first kappa shape index (κ1) is 12.7. The van der Waals surface area contributed by atoms with Gasteiger partial charge in [-0.3, -0.25) is 4.79 Å². The van der Waals surface area contributed by atoms with Crippen molar-refractivity contribution in [3.05, 3.63) is 34.0 Å². The van der Waals surface area contributed by atoms with E-state index in [9.17, 15) is 4.79 Å². The fraction of sp³-hybridized carbons (Fsp3) is 0.400. The molecule has 1 aromatic heterocycles. The van der Waals surface area contributed by atoms with Crippen LogP contribution in [0.25, 0.3) is 11.0 Å². The van der Waals surface area contributed by atoms with Gasteiger partial charge in [0.05, 0.1) is 0 Å². The van der Waals surface area contributed by atoms with Crippen molar-refractivity contribution in [1.82, 2.24) is 5.32 Å². The minimum atomic E-state index is -0.100. The number of amides is 1. The Morgan fingerprint density at radius 2 is 2.26 bits per heavy atom. The van der Waals surface area contributed by atoms with Crippen LogP contribution in [0.2, 0.25) is 0 Å². The van der Waals surface area contributed by atoms with Gasteiger partial charge in [-0.1, -0.05) is 22.4 Å². The van der Waals surface area contributed by atoms with Crippen molar-refractivity contribution in [3.8, 4) is 0 Å². The number of hydrogen-bond donors (Lipinski definition) is 1. The minimum Gasteiger partial charge on any atom is -0.451 e. The lowest BCUT2D eigenvalue weighted by atomic mass is 9.85. The summed E-state index contributed by atoms with van der Waals surface area (Å²) in [6.45, 7) is 2.69. The second-order valence-corrected chi connectivity index (χ2v) is 6.12. The van der Waals surface area contributed by atoms with Gasteiger partial charge in [-0.15, -0.1) is 0 Å². The third-order valence-corrected chi connectivity index (χ3v) is 4.38. The standard InChI is InChI=1S/C15H16BrNO2/c1-9-12-6-5-11(16)7-13(12)19-14(9)15(18)17-8-10-3-2-4-10/h5-7,10H,2-4,8H2,1H3,(H,17,18). The fourth-order valence-electron chi connectivity index (χ4n) is 2.43. The van der Waals surface area contributed by atoms with Crippen LogP contribution in [0.4, 0.5) is 0 Å². The van der Waals surface area contributed by atoms with E-state index in [1.165, 1.54) is 19.3 Å². The quantitative estimate of drug-likeness (QED) is 0.927. The van der Waals surface area contributed by atoms with E-state index in [-0.39, 0.29) is 5.91 Å². The molecule has 1 heterocycles. The summed E-state index contributed by atoms with van der Waals surface area (Å²) in [5.74, 6) is 0.993. The highest BCUT2D eigenvalue weighted by atomic mass is 79.9. The number of carbonyl (C=O) groups excluding carboxylic acids is 1. The normalized spacial score (nSPS) is 15.5. The van der Waals surface area contributed by atoms with Gasteiger partial charge in [-0.25, -0.2) is 0 Å². The van der Waals surface area contributed by atoms with Gasteiger partial charge < -0.3 is 9.73 Å². The van der Waals surface area contributed by atoms with E-state index in [1.54, 1.807) is 0 Å². The van der Waals surface area contributed by atoms with Crippen LogP contribution in [0.5, 0.6) is 0 Å². The number of carbonyl (C=O) groups is 1. The molecule has 0 unspecified atom stereocenters. The first-order valence-electron chi connectivity index (χ1n) is 6.62. The summed E-state index contributed by atoms with van der Waals surface area (Å²) in [5.41, 5.74) is 1.66. The number of nitrogens with one attached hydrogen (secondary N) is 1. The van der Waals surface area contributed by atoms with Gasteiger partial charge in [0.1, 0.15) is 5.58 Å². The Hall–Kier alpha value is -1.29. The van der Waals surface area contributed by atoms with Gasteiger partial charge in [0.15, 0.2) is 5.76 Å². The number of rotatable bonds is 3. The van der Waals surface area contributed by atoms with Crippen LogP contribution < -0.4 is 5.32 Å². The van der Waals surface area contributed by atoms with Crippen LogP contribution in [0.3, 0.4) is 0 Å². The van der Waals surface area contributed by atoms with Gasteiger partial charge in [0, 0.05) is 22.0 Å². The minimum absolute atomic E-state index is 0.100. The highest BCUT2D eigenvalue weighted by molar-refractivity contribution is 9.10. The molecule has 4 heteroatoms. The molecule has 0 spiro atoms. The molecule has 0 radical (unpaired) electrons. The van der Waals surface area contributed by atoms with E-state index < -0.39 is 0 Å². The lowest BCUT2D eigenvalue weighted by Gasteiger charge is -2.25. The summed E-state index contributed by atoms with van der Waals surface area (Å²) in [6, 6.07) is 5.83. The number of furan rings is 1. The number of halogens is 1. The predicted octanol–water partition coefficient (Wildman–Crippen LogP) is 4.03. The zero-order valence-electron chi connectivity index (χ0n) is 10.8. The molecule has 1 aliphatic rings. The van der Waals surface area contributed by atoms with Crippen molar-refractivity contribution in [3.63, 3.8) is 0 Å². The van der Waals surface area contributed by atoms with Crippen LogP contribution in [0.1, 0.15) is 35.4 Å². The maximum absolute atomic E-state index is 12.1. The largest absolute Gasteiger partial charge is 0.451 e. The summed E-state index contributed by atoms with van der Waals surface area (Å²) < 4.78 is 6.64. The van der Waals surface area contributed by atoms with Crippen LogP contribution in [-0.4, -0.2) is 12.5 Å². The Balaban J connectivity index is 1.82. The zero-order valence-corrected chi connectivity index (χ0v) is 12.4. The van der Waals surface area contributed by atoms with Gasteiger partial charge in [0.25, 0.3) is 5.91 Å². The average molecular weight is 322 g/mol. The zero-order chi connectivity index (χ0) is 13.4. The smallest absolute Gasteiger partial charge is 0.287 e. The van der Waals surface area contributed by atoms with Crippen molar-refractivity contribution in [2.45, 2.75) is 26.2 Å². The average Bonchev–Trinajstić information content (AvgIpc) is 2.64. The molecule has 1 aromatic carbocycles. The van der Waals surface area contributed by atoms with Crippen molar-refractivity contribution in [2.75, 3.05) is 6.54 Å². The Kier molecular flexibility index (Phi) is 3.35. The molecular formula is C15H16BrNO2. The molecule has 2 aromatic rings. The number of benzene rings is 1. The molecule has 19 heavy (non-hydrogen) atoms. The van der Waals surface area contributed by atoms with Gasteiger partial charge in [0.2, 0.25) is 0 Å². The summed E-state index contributed by atoms with van der Waals surface area (Å²) in [7, 11) is 0. The van der Waals surface area contributed by atoms with E-state index >= 15 is 0 Å². The molecule has 1 fully saturated rings. The Morgan fingerprint density at radius 3 is 2.95 bits per heavy atom. The molecule has 0 aliphatic heterocycles. The molecular weight excluding hydrogens is 306 g/mol. The van der Waals surface area contributed by atoms with Crippen molar-refractivity contribution in [1.29, 1.82) is 0 Å². The van der Waals surface area contributed by atoms with Gasteiger partial charge >= 0.3 is 0 Å². The van der Waals surface area contributed by atoms with Crippen molar-refractivity contribution in [2.24, 2.45) is 5.92 Å². The Bertz CT molecular complexity index is 628. The summed E-state index contributed by atoms with van der Waals surface area (Å²) in [5, 5.41) is 3.97. The second-order valence-electron chi connectivity index (χ2n) is 5.20. The van der Waals surface area contributed by atoms with E-state index in [0.29, 0.717) is 11.7 Å². The van der Waals surface area contributed by atoms with Crippen molar-refractivity contribution < 1.29 is 9.21 Å². The van der Waals surface area contributed by atoms with E-state index in [2.05, 4.69) is 21.2 Å². The molecule has 3 nitrogen and oxygen atoms in total. The molecule has 100 valence electrons. The van der Waals surface area contributed by atoms with Gasteiger partial charge in [-0.2, -0.15) is 0 Å². The molecule has 0 atom stereocenters. The van der Waals surface area contributed by atoms with Crippen molar-refractivity contribution >= 4 is 32.8 Å². The third-order valence-electron chi connectivity index (χ3n) is 3.88. The summed E-state index contributed by atoms with van der Waals surface area (Å²) >= 11 is 3.41. The highest BCUT2D eigenvalue weighted by Gasteiger charge is 2.21. The maximum atomic E-state index is 12.1. The monoisotopic (exact) mass is 321 g/mol. The topological polar surface area (TPSA) is 42.2 Å². The maximum Gasteiger partial charge on any atom is 0.287 e. The lowest BCUT2D eigenvalue weighted by Crippen LogP contribution is -2.32. The molecule has 0 saturated heterocycles. The highest BCUT2D eigenvalue weighted by Crippen LogP contribution is 2.28. The number of fused-ring (bicyclic) bond motifs is 1. The predicted molar refractivity (Wildman–Crippen MR) is 78.3 cm³/mol. The summed E-state index contributed by atoms with van der Waals surface area (Å²) in [4.78, 5) is 12.1. The number of aryl methyl sites for hydroxylation is 1. The molecule has 1 aliphatic carbocycles. The Labute approximate surface area is 120 Å². The van der Waals surface area contributed by atoms with E-state index in [1.807, 2.05) is 25.1 Å². The van der Waals surface area contributed by atoms with Gasteiger partial charge in [-0.05, 0) is 43.9 Å². The van der Waals surface area contributed by atoms with E-state index in [0.717, 1.165) is 27.6 Å². The number of hydrogen-bond acceptors (Lipinski definition) is 2. The summed E-state index contributed by atoms with van der Waals surface area (Å²) in [6.07, 6.45) is 3.75.